The molecule has 5 heteroatoms. The molecule has 1 aromatic rings. The van der Waals surface area contributed by atoms with E-state index < -0.39 is 0 Å². The molecule has 2 rings (SSSR count). The van der Waals surface area contributed by atoms with Crippen LogP contribution in [0.4, 0.5) is 0 Å². The summed E-state index contributed by atoms with van der Waals surface area (Å²) in [6.45, 7) is 6.16. The van der Waals surface area contributed by atoms with Crippen LogP contribution < -0.4 is 5.32 Å². The zero-order chi connectivity index (χ0) is 13.0. The fourth-order valence-corrected chi connectivity index (χ4v) is 2.71. The van der Waals surface area contributed by atoms with E-state index in [1.165, 1.54) is 12.8 Å². The number of hydrogen-bond acceptors (Lipinski definition) is 4. The van der Waals surface area contributed by atoms with Crippen molar-refractivity contribution >= 4 is 17.2 Å². The van der Waals surface area contributed by atoms with Crippen LogP contribution in [0.2, 0.25) is 0 Å². The Labute approximate surface area is 112 Å². The highest BCUT2D eigenvalue weighted by molar-refractivity contribution is 7.09. The molecule has 0 bridgehead atoms. The first kappa shape index (κ1) is 13.5. The molecule has 0 atom stereocenters. The van der Waals surface area contributed by atoms with Gasteiger partial charge < -0.3 is 10.2 Å². The van der Waals surface area contributed by atoms with Gasteiger partial charge in [0.2, 0.25) is 5.91 Å². The summed E-state index contributed by atoms with van der Waals surface area (Å²) < 4.78 is 0. The number of hydrogen-bond donors (Lipinski definition) is 1. The van der Waals surface area contributed by atoms with Gasteiger partial charge in [-0.2, -0.15) is 0 Å². The van der Waals surface area contributed by atoms with E-state index in [-0.39, 0.29) is 5.91 Å². The van der Waals surface area contributed by atoms with Crippen molar-refractivity contribution in [2.24, 2.45) is 0 Å². The maximum Gasteiger partial charge on any atom is 0.236 e. The molecule has 1 amide bonds. The molecule has 0 spiro atoms. The standard InChI is InChI=1S/C13H21N3OS/c1-3-16(12-4-5-12)13(17)8-14-7-6-11-9-18-10(2)15-11/h9,12,14H,3-8H2,1-2H3. The van der Waals surface area contributed by atoms with Gasteiger partial charge in [-0.3, -0.25) is 4.79 Å². The lowest BCUT2D eigenvalue weighted by atomic mass is 10.3. The fraction of sp³-hybridized carbons (Fsp3) is 0.692. The smallest absolute Gasteiger partial charge is 0.236 e. The van der Waals surface area contributed by atoms with Crippen LogP contribution in [-0.2, 0) is 11.2 Å². The average molecular weight is 267 g/mol. The third-order valence-electron chi connectivity index (χ3n) is 3.15. The molecule has 0 aliphatic heterocycles. The summed E-state index contributed by atoms with van der Waals surface area (Å²) in [5.41, 5.74) is 1.12. The van der Waals surface area contributed by atoms with Gasteiger partial charge in [-0.25, -0.2) is 4.98 Å². The van der Waals surface area contributed by atoms with Crippen molar-refractivity contribution in [3.63, 3.8) is 0 Å². The average Bonchev–Trinajstić information content (AvgIpc) is 3.09. The second-order valence-corrected chi connectivity index (χ2v) is 5.76. The van der Waals surface area contributed by atoms with E-state index in [0.717, 1.165) is 30.2 Å². The van der Waals surface area contributed by atoms with Crippen molar-refractivity contribution in [1.82, 2.24) is 15.2 Å². The fourth-order valence-electron chi connectivity index (χ4n) is 2.06. The van der Waals surface area contributed by atoms with Gasteiger partial charge in [-0.1, -0.05) is 0 Å². The van der Waals surface area contributed by atoms with Crippen LogP contribution in [0.15, 0.2) is 5.38 Å². The van der Waals surface area contributed by atoms with Gasteiger partial charge in [0.1, 0.15) is 0 Å². The zero-order valence-corrected chi connectivity index (χ0v) is 11.9. The number of aromatic nitrogens is 1. The van der Waals surface area contributed by atoms with Gasteiger partial charge in [-0.15, -0.1) is 11.3 Å². The number of aryl methyl sites for hydroxylation is 1. The lowest BCUT2D eigenvalue weighted by Crippen LogP contribution is -2.39. The summed E-state index contributed by atoms with van der Waals surface area (Å²) in [5.74, 6) is 0.231. The number of carbonyl (C=O) groups excluding carboxylic acids is 1. The Bertz CT molecular complexity index is 401. The minimum absolute atomic E-state index is 0.231. The van der Waals surface area contributed by atoms with Crippen LogP contribution >= 0.6 is 11.3 Å². The Morgan fingerprint density at radius 3 is 2.94 bits per heavy atom. The van der Waals surface area contributed by atoms with Crippen LogP contribution in [-0.4, -0.2) is 41.5 Å². The highest BCUT2D eigenvalue weighted by Crippen LogP contribution is 2.26. The number of carbonyl (C=O) groups is 1. The summed E-state index contributed by atoms with van der Waals surface area (Å²) in [5, 5.41) is 6.40. The number of rotatable bonds is 7. The molecular formula is C13H21N3OS. The van der Waals surface area contributed by atoms with E-state index in [2.05, 4.69) is 15.7 Å². The van der Waals surface area contributed by atoms with Crippen LogP contribution in [0.25, 0.3) is 0 Å². The van der Waals surface area contributed by atoms with Crippen molar-refractivity contribution in [2.45, 2.75) is 39.2 Å². The molecule has 1 N–H and O–H groups in total. The van der Waals surface area contributed by atoms with E-state index in [1.54, 1.807) is 11.3 Å². The number of amides is 1. The Morgan fingerprint density at radius 2 is 2.39 bits per heavy atom. The number of nitrogens with one attached hydrogen (secondary N) is 1. The van der Waals surface area contributed by atoms with Crippen LogP contribution in [0.5, 0.6) is 0 Å². The lowest BCUT2D eigenvalue weighted by molar-refractivity contribution is -0.130. The Hall–Kier alpha value is -0.940. The first-order chi connectivity index (χ1) is 8.70. The van der Waals surface area contributed by atoms with Crippen LogP contribution in [0, 0.1) is 6.92 Å². The first-order valence-electron chi connectivity index (χ1n) is 6.62. The SMILES string of the molecule is CCN(C(=O)CNCCc1csc(C)n1)C1CC1. The van der Waals surface area contributed by atoms with Gasteiger partial charge in [-0.05, 0) is 26.7 Å². The summed E-state index contributed by atoms with van der Waals surface area (Å²) in [6, 6.07) is 0.519. The van der Waals surface area contributed by atoms with Gasteiger partial charge >= 0.3 is 0 Å². The normalized spacial score (nSPS) is 14.8. The molecule has 1 heterocycles. The molecule has 0 radical (unpaired) electrons. The van der Waals surface area contributed by atoms with Crippen molar-refractivity contribution < 1.29 is 4.79 Å². The van der Waals surface area contributed by atoms with Crippen LogP contribution in [0.3, 0.4) is 0 Å². The largest absolute Gasteiger partial charge is 0.339 e. The highest BCUT2D eigenvalue weighted by atomic mass is 32.1. The topological polar surface area (TPSA) is 45.2 Å². The van der Waals surface area contributed by atoms with E-state index in [1.807, 2.05) is 18.7 Å². The van der Waals surface area contributed by atoms with E-state index >= 15 is 0 Å². The number of likely N-dealkylation sites (N-methyl/N-ethyl adjacent to an activating group) is 1. The van der Waals surface area contributed by atoms with Gasteiger partial charge in [0, 0.05) is 30.9 Å². The van der Waals surface area contributed by atoms with E-state index in [4.69, 9.17) is 0 Å². The zero-order valence-electron chi connectivity index (χ0n) is 11.1. The van der Waals surface area contributed by atoms with Gasteiger partial charge in [0.15, 0.2) is 0 Å². The Balaban J connectivity index is 1.64. The number of thiazole rings is 1. The summed E-state index contributed by atoms with van der Waals surface area (Å²) in [4.78, 5) is 18.3. The van der Waals surface area contributed by atoms with E-state index in [9.17, 15) is 4.79 Å². The summed E-state index contributed by atoms with van der Waals surface area (Å²) in [7, 11) is 0. The van der Waals surface area contributed by atoms with Gasteiger partial charge in [0.25, 0.3) is 0 Å². The first-order valence-corrected chi connectivity index (χ1v) is 7.50. The maximum absolute atomic E-state index is 11.9. The quantitative estimate of drug-likeness (QED) is 0.763. The third-order valence-corrected chi connectivity index (χ3v) is 3.97. The highest BCUT2D eigenvalue weighted by Gasteiger charge is 2.30. The van der Waals surface area contributed by atoms with Crippen LogP contribution in [0.1, 0.15) is 30.5 Å². The second-order valence-electron chi connectivity index (χ2n) is 4.70. The molecule has 1 fully saturated rings. The molecule has 18 heavy (non-hydrogen) atoms. The van der Waals surface area contributed by atoms with Crippen molar-refractivity contribution in [2.75, 3.05) is 19.6 Å². The Morgan fingerprint density at radius 1 is 1.61 bits per heavy atom. The summed E-state index contributed by atoms with van der Waals surface area (Å²) >= 11 is 1.68. The Kier molecular flexibility index (Phi) is 4.72. The maximum atomic E-state index is 11.9. The minimum atomic E-state index is 0.231. The molecule has 1 aliphatic rings. The lowest BCUT2D eigenvalue weighted by Gasteiger charge is -2.20. The molecule has 0 unspecified atom stereocenters. The van der Waals surface area contributed by atoms with Gasteiger partial charge in [0.05, 0.1) is 17.2 Å². The minimum Gasteiger partial charge on any atom is -0.339 e. The molecular weight excluding hydrogens is 246 g/mol. The monoisotopic (exact) mass is 267 g/mol. The predicted octanol–water partition coefficient (Wildman–Crippen LogP) is 1.59. The molecule has 1 aromatic heterocycles. The van der Waals surface area contributed by atoms with Crippen molar-refractivity contribution in [1.29, 1.82) is 0 Å². The molecule has 4 nitrogen and oxygen atoms in total. The second kappa shape index (κ2) is 6.29. The predicted molar refractivity (Wildman–Crippen MR) is 73.8 cm³/mol. The molecule has 0 saturated heterocycles. The number of nitrogens with zero attached hydrogens (tertiary/aromatic N) is 2. The third kappa shape index (κ3) is 3.78. The van der Waals surface area contributed by atoms with E-state index in [0.29, 0.717) is 12.6 Å². The molecule has 0 aromatic carbocycles. The van der Waals surface area contributed by atoms with Crippen molar-refractivity contribution in [3.05, 3.63) is 16.1 Å². The molecule has 100 valence electrons. The molecule has 1 saturated carbocycles. The molecule has 1 aliphatic carbocycles. The summed E-state index contributed by atoms with van der Waals surface area (Å²) in [6.07, 6.45) is 3.25. The van der Waals surface area contributed by atoms with Crippen molar-refractivity contribution in [3.8, 4) is 0 Å².